The Kier molecular flexibility index (Phi) is 3.29. The van der Waals surface area contributed by atoms with E-state index in [9.17, 15) is 0 Å². The molecule has 136 valence electrons. The van der Waals surface area contributed by atoms with Gasteiger partial charge in [-0.15, -0.1) is 0 Å². The van der Waals surface area contributed by atoms with E-state index in [1.54, 1.807) is 30.3 Å². The molecule has 0 saturated heterocycles. The molecule has 6 nitrogen and oxygen atoms in total. The lowest BCUT2D eigenvalue weighted by molar-refractivity contribution is 1.16. The quantitative estimate of drug-likeness (QED) is 0.611. The average molecular weight is 374 g/mol. The monoisotopic (exact) mass is 374 g/mol. The van der Waals surface area contributed by atoms with E-state index in [-0.39, 0.29) is 17.3 Å². The van der Waals surface area contributed by atoms with Crippen molar-refractivity contribution in [3.63, 3.8) is 0 Å². The summed E-state index contributed by atoms with van der Waals surface area (Å²) >= 11 is 0. The Hall–Kier alpha value is -4.16. The zero-order chi connectivity index (χ0) is 26.7. The molecule has 1 aromatic heterocycles. The van der Waals surface area contributed by atoms with Gasteiger partial charge in [-0.1, -0.05) is 0 Å². The van der Waals surface area contributed by atoms with Crippen molar-refractivity contribution in [2.75, 3.05) is 10.6 Å². The zero-order valence-corrected chi connectivity index (χ0v) is 14.4. The molecule has 0 spiro atoms. The molecule has 0 fully saturated rings. The molecule has 28 heavy (non-hydrogen) atoms. The van der Waals surface area contributed by atoms with Crippen LogP contribution >= 0.6 is 0 Å². The van der Waals surface area contributed by atoms with E-state index in [2.05, 4.69) is 20.6 Å². The van der Waals surface area contributed by atoms with Gasteiger partial charge in [0.05, 0.1) is 20.4 Å². The fraction of sp³-hybridized carbons (Fsp3) is 0.0909. The molecule has 0 aliphatic rings. The van der Waals surface area contributed by atoms with E-state index < -0.39 is 42.6 Å². The first-order valence-corrected chi connectivity index (χ1v) is 7.98. The summed E-state index contributed by atoms with van der Waals surface area (Å²) in [7, 11) is 0. The fourth-order valence-corrected chi connectivity index (χ4v) is 2.25. The maximum Gasteiger partial charge on any atom is 0.229 e. The van der Waals surface area contributed by atoms with E-state index in [0.29, 0.717) is 11.3 Å². The van der Waals surface area contributed by atoms with E-state index in [0.717, 1.165) is 12.2 Å². The van der Waals surface area contributed by atoms with Gasteiger partial charge >= 0.3 is 0 Å². The van der Waals surface area contributed by atoms with Crippen molar-refractivity contribution in [2.24, 2.45) is 0 Å². The molecule has 0 unspecified atom stereocenters. The molecule has 0 amide bonds. The van der Waals surface area contributed by atoms with Crippen molar-refractivity contribution in [2.45, 2.75) is 13.7 Å². The standard InChI is InChI=1S/C22H18N6/c1-15-12-18(4-3-10-23)13-16(2)21(15)27-20-9-11-25-22(28-20)26-19-7-5-17(14-24)6-8-19/h3-9,11-13H,1-2H3,(H2,25,26,27,28)/i1D3,2D3,12D,13D. The van der Waals surface area contributed by atoms with Gasteiger partial charge in [-0.05, 0) is 78.9 Å². The number of hydrogen-bond donors (Lipinski definition) is 2. The van der Waals surface area contributed by atoms with Crippen LogP contribution in [0.15, 0.2) is 54.7 Å². The number of nitriles is 2. The van der Waals surface area contributed by atoms with Crippen LogP contribution in [0.3, 0.4) is 0 Å². The third kappa shape index (κ3) is 4.51. The minimum atomic E-state index is -2.93. The Balaban J connectivity index is 2.16. The first-order valence-electron chi connectivity index (χ1n) is 12.0. The normalized spacial score (nSPS) is 15.4. The molecule has 0 atom stereocenters. The van der Waals surface area contributed by atoms with E-state index in [4.69, 9.17) is 21.5 Å². The summed E-state index contributed by atoms with van der Waals surface area (Å²) in [6.07, 6.45) is 3.33. The van der Waals surface area contributed by atoms with Crippen molar-refractivity contribution in [1.82, 2.24) is 9.97 Å². The molecule has 2 N–H and O–H groups in total. The van der Waals surface area contributed by atoms with Gasteiger partial charge in [0.2, 0.25) is 5.95 Å². The first-order chi connectivity index (χ1) is 16.9. The Bertz CT molecular complexity index is 1360. The van der Waals surface area contributed by atoms with Crippen LogP contribution in [-0.2, 0) is 0 Å². The van der Waals surface area contributed by atoms with Gasteiger partial charge in [0, 0.05) is 31.9 Å². The van der Waals surface area contributed by atoms with Gasteiger partial charge in [-0.2, -0.15) is 15.5 Å². The summed E-state index contributed by atoms with van der Waals surface area (Å²) in [5.74, 6) is 0.0950. The van der Waals surface area contributed by atoms with Crippen LogP contribution in [0.25, 0.3) is 6.08 Å². The second-order valence-corrected chi connectivity index (χ2v) is 5.46. The number of nitrogens with zero attached hydrogens (tertiary/aromatic N) is 4. The molecule has 0 aliphatic carbocycles. The number of benzene rings is 2. The predicted octanol–water partition coefficient (Wildman–Crippen LogP) is 4.99. The minimum Gasteiger partial charge on any atom is -0.340 e. The molecule has 3 rings (SSSR count). The van der Waals surface area contributed by atoms with Gasteiger partial charge in [0.25, 0.3) is 0 Å². The third-order valence-corrected chi connectivity index (χ3v) is 3.52. The van der Waals surface area contributed by atoms with Crippen LogP contribution < -0.4 is 10.6 Å². The number of rotatable bonds is 5. The molecule has 0 aliphatic heterocycles. The van der Waals surface area contributed by atoms with E-state index >= 15 is 0 Å². The summed E-state index contributed by atoms with van der Waals surface area (Å²) in [5.41, 5.74) is -0.984. The highest BCUT2D eigenvalue weighted by Gasteiger charge is 2.07. The summed E-state index contributed by atoms with van der Waals surface area (Å²) in [6.45, 7) is -5.86. The predicted molar refractivity (Wildman–Crippen MR) is 110 cm³/mol. The maximum absolute atomic E-state index is 8.92. The van der Waals surface area contributed by atoms with Gasteiger partial charge in [-0.25, -0.2) is 4.98 Å². The van der Waals surface area contributed by atoms with Gasteiger partial charge < -0.3 is 10.6 Å². The van der Waals surface area contributed by atoms with Crippen molar-refractivity contribution >= 4 is 29.2 Å². The number of anilines is 4. The smallest absolute Gasteiger partial charge is 0.229 e. The highest BCUT2D eigenvalue weighted by Crippen LogP contribution is 2.26. The lowest BCUT2D eigenvalue weighted by Gasteiger charge is -2.14. The molecule has 0 radical (unpaired) electrons. The Labute approximate surface area is 175 Å². The summed E-state index contributed by atoms with van der Waals surface area (Å²) in [5, 5.41) is 23.4. The van der Waals surface area contributed by atoms with Crippen LogP contribution in [0.1, 0.15) is 33.2 Å². The van der Waals surface area contributed by atoms with Crippen molar-refractivity contribution in [3.05, 3.63) is 76.9 Å². The molecular formula is C22H18N6. The summed E-state index contributed by atoms with van der Waals surface area (Å²) in [4.78, 5) is 8.32. The largest absolute Gasteiger partial charge is 0.340 e. The Morgan fingerprint density at radius 3 is 2.46 bits per heavy atom. The van der Waals surface area contributed by atoms with E-state index in [1.165, 1.54) is 12.3 Å². The SMILES string of the molecule is [2H]c1c(C=CC#N)c([2H])c(C([2H])([2H])[2H])c(Nc2ccnc(Nc3ccc(C#N)cc3)n2)c1C([2H])([2H])[2H]. The van der Waals surface area contributed by atoms with Gasteiger partial charge in [0.15, 0.2) is 0 Å². The maximum atomic E-state index is 8.92. The van der Waals surface area contributed by atoms with Gasteiger partial charge in [0.1, 0.15) is 5.82 Å². The first kappa shape index (κ1) is 10.9. The summed E-state index contributed by atoms with van der Waals surface area (Å²) < 4.78 is 64.6. The van der Waals surface area contributed by atoms with Gasteiger partial charge in [-0.3, -0.25) is 0 Å². The lowest BCUT2D eigenvalue weighted by atomic mass is 10.0. The number of allylic oxidation sites excluding steroid dienone is 1. The van der Waals surface area contributed by atoms with Crippen LogP contribution in [0.5, 0.6) is 0 Å². The number of hydrogen-bond acceptors (Lipinski definition) is 6. The van der Waals surface area contributed by atoms with Crippen molar-refractivity contribution < 1.29 is 11.0 Å². The Morgan fingerprint density at radius 2 is 1.82 bits per heavy atom. The molecule has 3 aromatic rings. The molecular weight excluding hydrogens is 348 g/mol. The minimum absolute atomic E-state index is 0.0104. The average Bonchev–Trinajstić information content (AvgIpc) is 2.78. The lowest BCUT2D eigenvalue weighted by Crippen LogP contribution is -2.02. The van der Waals surface area contributed by atoms with Crippen molar-refractivity contribution in [1.29, 1.82) is 10.5 Å². The second kappa shape index (κ2) is 8.48. The molecule has 6 heteroatoms. The second-order valence-electron chi connectivity index (χ2n) is 5.46. The molecule has 0 saturated carbocycles. The highest BCUT2D eigenvalue weighted by molar-refractivity contribution is 5.69. The fourth-order valence-electron chi connectivity index (χ4n) is 2.25. The van der Waals surface area contributed by atoms with Crippen LogP contribution in [0.2, 0.25) is 0 Å². The highest BCUT2D eigenvalue weighted by atomic mass is 15.1. The summed E-state index contributed by atoms with van der Waals surface area (Å²) in [6, 6.07) is 10.3. The molecule has 2 aromatic carbocycles. The van der Waals surface area contributed by atoms with Crippen LogP contribution in [-0.4, -0.2) is 9.97 Å². The van der Waals surface area contributed by atoms with Crippen LogP contribution in [0, 0.1) is 36.4 Å². The third-order valence-electron chi connectivity index (χ3n) is 3.52. The Morgan fingerprint density at radius 1 is 1.07 bits per heavy atom. The number of nitrogens with one attached hydrogen (secondary N) is 2. The topological polar surface area (TPSA) is 97.4 Å². The van der Waals surface area contributed by atoms with E-state index in [1.807, 2.05) is 6.07 Å². The van der Waals surface area contributed by atoms with Crippen LogP contribution in [0.4, 0.5) is 23.1 Å². The number of aromatic nitrogens is 2. The molecule has 0 bridgehead atoms. The van der Waals surface area contributed by atoms with Crippen molar-refractivity contribution in [3.8, 4) is 12.1 Å². The zero-order valence-electron chi connectivity index (χ0n) is 22.4. The molecule has 1 heterocycles.